The molecule has 3 rings (SSSR count). The molecule has 1 atom stereocenters. The summed E-state index contributed by atoms with van der Waals surface area (Å²) in [6, 6.07) is 9.55. The fourth-order valence-electron chi connectivity index (χ4n) is 2.47. The number of nitrogens with one attached hydrogen (secondary N) is 2. The molecule has 0 radical (unpaired) electrons. The van der Waals surface area contributed by atoms with Gasteiger partial charge in [0.25, 0.3) is 5.91 Å². The molecule has 0 aliphatic rings. The van der Waals surface area contributed by atoms with Gasteiger partial charge >= 0.3 is 0 Å². The lowest BCUT2D eigenvalue weighted by atomic mass is 10.3. The number of aryl methyl sites for hydroxylation is 1. The molecule has 1 aromatic carbocycles. The van der Waals surface area contributed by atoms with Gasteiger partial charge in [0.2, 0.25) is 0 Å². The highest BCUT2D eigenvalue weighted by molar-refractivity contribution is 5.80. The number of carbonyl (C=O) groups is 1. The molecule has 146 valence electrons. The van der Waals surface area contributed by atoms with E-state index >= 15 is 0 Å². The van der Waals surface area contributed by atoms with Gasteiger partial charge in [0.15, 0.2) is 23.5 Å². The van der Waals surface area contributed by atoms with Gasteiger partial charge in [0.05, 0.1) is 0 Å². The highest BCUT2D eigenvalue weighted by Gasteiger charge is 2.15. The van der Waals surface area contributed by atoms with Gasteiger partial charge in [-0.15, -0.1) is 0 Å². The molecule has 0 fully saturated rings. The first-order valence-electron chi connectivity index (χ1n) is 8.81. The molecule has 9 heteroatoms. The molecule has 28 heavy (non-hydrogen) atoms. The normalized spacial score (nSPS) is 11.7. The zero-order chi connectivity index (χ0) is 19.9. The standard InChI is InChI=1S/C19H21FN6O2/c1-13(28-16-7-4-3-6-15(16)20)19(27)22-10-9-21-17-12-18(25-14(2)24-17)26-11-5-8-23-26/h3-8,11-13H,9-10H2,1-2H3,(H,22,27)(H,21,24,25)/t13-/m0/s1. The Hall–Kier alpha value is -3.49. The van der Waals surface area contributed by atoms with Gasteiger partial charge in [-0.1, -0.05) is 12.1 Å². The average molecular weight is 384 g/mol. The van der Waals surface area contributed by atoms with Gasteiger partial charge in [0, 0.05) is 31.5 Å². The summed E-state index contributed by atoms with van der Waals surface area (Å²) >= 11 is 0. The van der Waals surface area contributed by atoms with Crippen LogP contribution in [0.1, 0.15) is 12.7 Å². The van der Waals surface area contributed by atoms with E-state index in [1.54, 1.807) is 49.1 Å². The van der Waals surface area contributed by atoms with Crippen LogP contribution in [0, 0.1) is 12.7 Å². The SMILES string of the molecule is Cc1nc(NCCNC(=O)[C@H](C)Oc2ccccc2F)cc(-n2cccn2)n1. The summed E-state index contributed by atoms with van der Waals surface area (Å²) in [6.07, 6.45) is 2.65. The molecular formula is C19H21FN6O2. The molecular weight excluding hydrogens is 363 g/mol. The van der Waals surface area contributed by atoms with E-state index in [4.69, 9.17) is 4.74 Å². The van der Waals surface area contributed by atoms with E-state index < -0.39 is 11.9 Å². The predicted octanol–water partition coefficient (Wildman–Crippen LogP) is 2.11. The Labute approximate surface area is 161 Å². The third kappa shape index (κ3) is 5.03. The first-order valence-corrected chi connectivity index (χ1v) is 8.81. The number of benzene rings is 1. The maximum Gasteiger partial charge on any atom is 0.260 e. The summed E-state index contributed by atoms with van der Waals surface area (Å²) in [4.78, 5) is 20.8. The van der Waals surface area contributed by atoms with Crippen LogP contribution in [0.4, 0.5) is 10.2 Å². The number of anilines is 1. The van der Waals surface area contributed by atoms with Gasteiger partial charge in [-0.2, -0.15) is 5.10 Å². The van der Waals surface area contributed by atoms with Crippen LogP contribution in [0.3, 0.4) is 0 Å². The Bertz CT molecular complexity index is 932. The van der Waals surface area contributed by atoms with Crippen LogP contribution in [-0.4, -0.2) is 44.8 Å². The minimum absolute atomic E-state index is 0.0471. The zero-order valence-corrected chi connectivity index (χ0v) is 15.6. The van der Waals surface area contributed by atoms with Crippen molar-refractivity contribution >= 4 is 11.7 Å². The van der Waals surface area contributed by atoms with Crippen LogP contribution in [0.5, 0.6) is 5.75 Å². The molecule has 0 bridgehead atoms. The van der Waals surface area contributed by atoms with Crippen molar-refractivity contribution in [2.24, 2.45) is 0 Å². The number of aromatic nitrogens is 4. The minimum atomic E-state index is -0.815. The second-order valence-corrected chi connectivity index (χ2v) is 6.02. The molecule has 8 nitrogen and oxygen atoms in total. The number of ether oxygens (including phenoxy) is 1. The van der Waals surface area contributed by atoms with Crippen molar-refractivity contribution < 1.29 is 13.9 Å². The van der Waals surface area contributed by atoms with E-state index in [1.165, 1.54) is 12.1 Å². The van der Waals surface area contributed by atoms with Crippen molar-refractivity contribution in [3.05, 3.63) is 60.4 Å². The van der Waals surface area contributed by atoms with Crippen molar-refractivity contribution in [1.82, 2.24) is 25.1 Å². The Morgan fingerprint density at radius 3 is 2.82 bits per heavy atom. The van der Waals surface area contributed by atoms with Crippen LogP contribution >= 0.6 is 0 Å². The molecule has 2 aromatic heterocycles. The molecule has 0 aliphatic carbocycles. The van der Waals surface area contributed by atoms with Crippen molar-refractivity contribution in [1.29, 1.82) is 0 Å². The zero-order valence-electron chi connectivity index (χ0n) is 15.6. The second-order valence-electron chi connectivity index (χ2n) is 6.02. The van der Waals surface area contributed by atoms with Crippen LogP contribution < -0.4 is 15.4 Å². The van der Waals surface area contributed by atoms with Crippen molar-refractivity contribution in [3.63, 3.8) is 0 Å². The van der Waals surface area contributed by atoms with Crippen molar-refractivity contribution in [2.45, 2.75) is 20.0 Å². The quantitative estimate of drug-likeness (QED) is 0.578. The van der Waals surface area contributed by atoms with Crippen LogP contribution in [-0.2, 0) is 4.79 Å². The van der Waals surface area contributed by atoms with E-state index in [2.05, 4.69) is 25.7 Å². The number of amides is 1. The lowest BCUT2D eigenvalue weighted by Crippen LogP contribution is -2.38. The van der Waals surface area contributed by atoms with Gasteiger partial charge in [0.1, 0.15) is 11.6 Å². The average Bonchev–Trinajstić information content (AvgIpc) is 3.21. The van der Waals surface area contributed by atoms with Crippen molar-refractivity contribution in [3.8, 4) is 11.6 Å². The molecule has 0 saturated heterocycles. The molecule has 1 amide bonds. The topological polar surface area (TPSA) is 94.0 Å². The van der Waals surface area contributed by atoms with E-state index in [0.717, 1.165) is 0 Å². The van der Waals surface area contributed by atoms with Crippen LogP contribution in [0.25, 0.3) is 5.82 Å². The Balaban J connectivity index is 1.48. The molecule has 0 aliphatic heterocycles. The molecule has 0 unspecified atom stereocenters. The first-order chi connectivity index (χ1) is 13.5. The van der Waals surface area contributed by atoms with Crippen molar-refractivity contribution in [2.75, 3.05) is 18.4 Å². The number of rotatable bonds is 8. The number of halogens is 1. The van der Waals surface area contributed by atoms with E-state index in [1.807, 2.05) is 6.07 Å². The van der Waals surface area contributed by atoms with Crippen LogP contribution in [0.15, 0.2) is 48.8 Å². The highest BCUT2D eigenvalue weighted by Crippen LogP contribution is 2.17. The smallest absolute Gasteiger partial charge is 0.260 e. The molecule has 0 saturated carbocycles. The van der Waals surface area contributed by atoms with Gasteiger partial charge in [-0.3, -0.25) is 4.79 Å². The molecule has 3 aromatic rings. The van der Waals surface area contributed by atoms with Gasteiger partial charge in [-0.05, 0) is 32.0 Å². The second kappa shape index (κ2) is 8.94. The molecule has 0 spiro atoms. The maximum absolute atomic E-state index is 13.6. The summed E-state index contributed by atoms with van der Waals surface area (Å²) in [5, 5.41) is 10.0. The van der Waals surface area contributed by atoms with E-state index in [0.29, 0.717) is 30.5 Å². The Morgan fingerprint density at radius 1 is 1.25 bits per heavy atom. The van der Waals surface area contributed by atoms with E-state index in [-0.39, 0.29) is 11.7 Å². The summed E-state index contributed by atoms with van der Waals surface area (Å²) in [6.45, 7) is 4.16. The first kappa shape index (κ1) is 19.3. The lowest BCUT2D eigenvalue weighted by Gasteiger charge is -2.15. The number of carbonyl (C=O) groups excluding carboxylic acids is 1. The Morgan fingerprint density at radius 2 is 2.07 bits per heavy atom. The fourth-order valence-corrected chi connectivity index (χ4v) is 2.47. The number of hydrogen-bond donors (Lipinski definition) is 2. The molecule has 2 heterocycles. The monoisotopic (exact) mass is 384 g/mol. The predicted molar refractivity (Wildman–Crippen MR) is 102 cm³/mol. The summed E-state index contributed by atoms with van der Waals surface area (Å²) in [5.74, 6) is 1.09. The number of nitrogens with zero attached hydrogens (tertiary/aromatic N) is 4. The number of para-hydroxylation sites is 1. The minimum Gasteiger partial charge on any atom is -0.478 e. The van der Waals surface area contributed by atoms with Gasteiger partial charge in [-0.25, -0.2) is 19.0 Å². The third-order valence-corrected chi connectivity index (χ3v) is 3.80. The fraction of sp³-hybridized carbons (Fsp3) is 0.263. The third-order valence-electron chi connectivity index (χ3n) is 3.80. The van der Waals surface area contributed by atoms with E-state index in [9.17, 15) is 9.18 Å². The van der Waals surface area contributed by atoms with Crippen LogP contribution in [0.2, 0.25) is 0 Å². The molecule has 2 N–H and O–H groups in total. The largest absolute Gasteiger partial charge is 0.478 e. The summed E-state index contributed by atoms with van der Waals surface area (Å²) < 4.78 is 20.6. The summed E-state index contributed by atoms with van der Waals surface area (Å²) in [5.41, 5.74) is 0. The van der Waals surface area contributed by atoms with Gasteiger partial charge < -0.3 is 15.4 Å². The maximum atomic E-state index is 13.6. The number of hydrogen-bond acceptors (Lipinski definition) is 6. The highest BCUT2D eigenvalue weighted by atomic mass is 19.1. The Kier molecular flexibility index (Phi) is 6.15. The lowest BCUT2D eigenvalue weighted by molar-refractivity contribution is -0.127. The summed E-state index contributed by atoms with van der Waals surface area (Å²) in [7, 11) is 0.